The van der Waals surface area contributed by atoms with Gasteiger partial charge < -0.3 is 23.8 Å². The molecule has 0 aliphatic carbocycles. The molecule has 0 aliphatic heterocycles. The zero-order valence-electron chi connectivity index (χ0n) is 23.8. The van der Waals surface area contributed by atoms with E-state index in [4.69, 9.17) is 19.3 Å². The second kappa shape index (κ2) is 14.0. The first-order chi connectivity index (χ1) is 16.9. The highest BCUT2D eigenvalue weighted by molar-refractivity contribution is 5.32. The quantitative estimate of drug-likeness (QED) is 0.219. The van der Waals surface area contributed by atoms with Gasteiger partial charge in [0.15, 0.2) is 0 Å². The molecule has 2 aromatic rings. The molecule has 5 heteroatoms. The van der Waals surface area contributed by atoms with Crippen molar-refractivity contribution in [2.24, 2.45) is 5.41 Å². The van der Waals surface area contributed by atoms with Crippen molar-refractivity contribution in [2.75, 3.05) is 53.7 Å². The van der Waals surface area contributed by atoms with Crippen molar-refractivity contribution in [1.82, 2.24) is 0 Å². The van der Waals surface area contributed by atoms with E-state index in [1.165, 1.54) is 11.1 Å². The van der Waals surface area contributed by atoms with Crippen LogP contribution in [0.2, 0.25) is 0 Å². The fourth-order valence-corrected chi connectivity index (χ4v) is 4.73. The second-order valence-corrected chi connectivity index (χ2v) is 12.3. The molecular weight excluding hydrogens is 450 g/mol. The number of hydrogen-bond donors (Lipinski definition) is 1. The van der Waals surface area contributed by atoms with Crippen molar-refractivity contribution in [3.05, 3.63) is 59.7 Å². The maximum Gasteiger partial charge on any atom is 0.119 e. The highest BCUT2D eigenvalue weighted by Gasteiger charge is 2.27. The van der Waals surface area contributed by atoms with Gasteiger partial charge in [-0.25, -0.2) is 0 Å². The predicted octanol–water partition coefficient (Wildman–Crippen LogP) is 6.22. The predicted molar refractivity (Wildman–Crippen MR) is 149 cm³/mol. The van der Waals surface area contributed by atoms with E-state index >= 15 is 0 Å². The fraction of sp³-hybridized carbons (Fsp3) is 0.613. The zero-order chi connectivity index (χ0) is 26.7. The van der Waals surface area contributed by atoms with E-state index < -0.39 is 0 Å². The van der Waals surface area contributed by atoms with Gasteiger partial charge >= 0.3 is 0 Å². The van der Waals surface area contributed by atoms with Crippen LogP contribution in [0, 0.1) is 5.41 Å². The van der Waals surface area contributed by atoms with Gasteiger partial charge in [-0.15, -0.1) is 0 Å². The minimum absolute atomic E-state index is 0.140. The molecule has 0 fully saturated rings. The number of quaternary nitrogens is 1. The minimum atomic E-state index is 0.140. The van der Waals surface area contributed by atoms with Gasteiger partial charge in [0.25, 0.3) is 0 Å². The molecule has 0 aliphatic rings. The summed E-state index contributed by atoms with van der Waals surface area (Å²) in [5, 5.41) is 8.84. The van der Waals surface area contributed by atoms with Gasteiger partial charge in [0.2, 0.25) is 0 Å². The molecule has 1 N–H and O–H groups in total. The summed E-state index contributed by atoms with van der Waals surface area (Å²) >= 11 is 0. The molecule has 2 rings (SSSR count). The lowest BCUT2D eigenvalue weighted by atomic mass is 9.72. The van der Waals surface area contributed by atoms with E-state index in [1.54, 1.807) is 0 Å². The maximum atomic E-state index is 8.84. The SMILES string of the molecule is CC(C)(C)CC(C)(C)c1ccc(OCCOCC[N+](C)(C)Cc2ccc(OCCCCO)cc2)cc1. The number of hydrogen-bond acceptors (Lipinski definition) is 4. The van der Waals surface area contributed by atoms with Crippen LogP contribution in [-0.4, -0.2) is 63.3 Å². The number of ether oxygens (including phenoxy) is 3. The van der Waals surface area contributed by atoms with Crippen LogP contribution in [-0.2, 0) is 16.7 Å². The topological polar surface area (TPSA) is 47.9 Å². The van der Waals surface area contributed by atoms with Crippen molar-refractivity contribution in [2.45, 2.75) is 65.8 Å². The molecule has 36 heavy (non-hydrogen) atoms. The summed E-state index contributed by atoms with van der Waals surface area (Å²) in [6, 6.07) is 16.9. The van der Waals surface area contributed by atoms with Crippen LogP contribution in [0.4, 0.5) is 0 Å². The van der Waals surface area contributed by atoms with Gasteiger partial charge in [0.05, 0.1) is 33.9 Å². The fourth-order valence-electron chi connectivity index (χ4n) is 4.73. The van der Waals surface area contributed by atoms with Gasteiger partial charge in [-0.2, -0.15) is 0 Å². The van der Waals surface area contributed by atoms with E-state index in [9.17, 15) is 0 Å². The first kappa shape index (κ1) is 30.1. The van der Waals surface area contributed by atoms with Crippen LogP contribution in [0.5, 0.6) is 11.5 Å². The van der Waals surface area contributed by atoms with Gasteiger partial charge in [-0.1, -0.05) is 46.8 Å². The van der Waals surface area contributed by atoms with Crippen LogP contribution in [0.3, 0.4) is 0 Å². The lowest BCUT2D eigenvalue weighted by molar-refractivity contribution is -0.904. The summed E-state index contributed by atoms with van der Waals surface area (Å²) in [5.74, 6) is 1.78. The largest absolute Gasteiger partial charge is 0.494 e. The lowest BCUT2D eigenvalue weighted by Crippen LogP contribution is -2.41. The zero-order valence-corrected chi connectivity index (χ0v) is 23.8. The summed E-state index contributed by atoms with van der Waals surface area (Å²) < 4.78 is 18.3. The van der Waals surface area contributed by atoms with Crippen molar-refractivity contribution in [1.29, 1.82) is 0 Å². The standard InChI is InChI=1S/C31H50NO4/c1-30(2,3)25-31(4,5)27-12-16-29(17-13-27)36-23-22-34-21-18-32(6,7)24-26-10-14-28(15-11-26)35-20-9-8-19-33/h10-17,33H,8-9,18-25H2,1-7H3/q+1. The molecule has 0 saturated carbocycles. The molecule has 0 spiro atoms. The third kappa shape index (κ3) is 11.8. The minimum Gasteiger partial charge on any atom is -0.494 e. The Morgan fingerprint density at radius 1 is 0.722 bits per heavy atom. The van der Waals surface area contributed by atoms with E-state index in [1.807, 2.05) is 12.1 Å². The molecule has 202 valence electrons. The van der Waals surface area contributed by atoms with Crippen LogP contribution < -0.4 is 9.47 Å². The first-order valence-corrected chi connectivity index (χ1v) is 13.4. The molecule has 0 atom stereocenters. The van der Waals surface area contributed by atoms with Crippen molar-refractivity contribution in [3.8, 4) is 11.5 Å². The normalized spacial score (nSPS) is 12.6. The lowest BCUT2D eigenvalue weighted by Gasteiger charge is -2.33. The van der Waals surface area contributed by atoms with Crippen LogP contribution >= 0.6 is 0 Å². The third-order valence-electron chi connectivity index (χ3n) is 6.30. The van der Waals surface area contributed by atoms with E-state index in [0.29, 0.717) is 31.8 Å². The summed E-state index contributed by atoms with van der Waals surface area (Å²) in [5.41, 5.74) is 3.06. The van der Waals surface area contributed by atoms with Crippen LogP contribution in [0.1, 0.15) is 65.0 Å². The van der Waals surface area contributed by atoms with E-state index in [2.05, 4.69) is 85.1 Å². The molecule has 2 aromatic carbocycles. The smallest absolute Gasteiger partial charge is 0.119 e. The average Bonchev–Trinajstić information content (AvgIpc) is 2.78. The summed E-state index contributed by atoms with van der Waals surface area (Å²) in [6.07, 6.45) is 2.78. The van der Waals surface area contributed by atoms with Crippen molar-refractivity contribution >= 4 is 0 Å². The van der Waals surface area contributed by atoms with Gasteiger partial charge in [0.1, 0.15) is 31.2 Å². The molecule has 0 aromatic heterocycles. The summed E-state index contributed by atoms with van der Waals surface area (Å²) in [4.78, 5) is 0. The molecule has 5 nitrogen and oxygen atoms in total. The van der Waals surface area contributed by atoms with E-state index in [0.717, 1.165) is 48.3 Å². The summed E-state index contributed by atoms with van der Waals surface area (Å²) in [7, 11) is 4.45. The Morgan fingerprint density at radius 3 is 1.89 bits per heavy atom. The molecule has 0 unspecified atom stereocenters. The molecule has 0 bridgehead atoms. The Morgan fingerprint density at radius 2 is 1.31 bits per heavy atom. The van der Waals surface area contributed by atoms with Gasteiger partial charge in [0, 0.05) is 12.2 Å². The van der Waals surface area contributed by atoms with Crippen molar-refractivity contribution < 1.29 is 23.8 Å². The second-order valence-electron chi connectivity index (χ2n) is 12.3. The maximum absolute atomic E-state index is 8.84. The molecule has 0 amide bonds. The van der Waals surface area contributed by atoms with Crippen LogP contribution in [0.25, 0.3) is 0 Å². The Kier molecular flexibility index (Phi) is 11.7. The number of benzene rings is 2. The molecule has 0 heterocycles. The highest BCUT2D eigenvalue weighted by Crippen LogP contribution is 2.36. The molecular formula is C31H50NO4+. The average molecular weight is 501 g/mol. The number of nitrogens with zero attached hydrogens (tertiary/aromatic N) is 1. The Hall–Kier alpha value is -2.08. The number of aliphatic hydroxyl groups is 1. The Bertz CT molecular complexity index is 867. The van der Waals surface area contributed by atoms with E-state index in [-0.39, 0.29) is 12.0 Å². The van der Waals surface area contributed by atoms with Crippen molar-refractivity contribution in [3.63, 3.8) is 0 Å². The Balaban J connectivity index is 1.66. The monoisotopic (exact) mass is 500 g/mol. The third-order valence-corrected chi connectivity index (χ3v) is 6.30. The summed E-state index contributed by atoms with van der Waals surface area (Å²) in [6.45, 7) is 16.1. The van der Waals surface area contributed by atoms with Gasteiger partial charge in [-0.05, 0) is 72.1 Å². The first-order valence-electron chi connectivity index (χ1n) is 13.4. The van der Waals surface area contributed by atoms with Gasteiger partial charge in [-0.3, -0.25) is 0 Å². The molecule has 0 saturated heterocycles. The number of likely N-dealkylation sites (N-methyl/N-ethyl adjacent to an activating group) is 1. The molecule has 0 radical (unpaired) electrons. The number of rotatable bonds is 16. The Labute approximate surface area is 220 Å². The number of unbranched alkanes of at least 4 members (excludes halogenated alkanes) is 1. The highest BCUT2D eigenvalue weighted by atomic mass is 16.5. The van der Waals surface area contributed by atoms with Crippen LogP contribution in [0.15, 0.2) is 48.5 Å². The number of aliphatic hydroxyl groups excluding tert-OH is 1.